The minimum Gasteiger partial charge on any atom is -0.0883 e. The van der Waals surface area contributed by atoms with Crippen LogP contribution >= 0.6 is 39.1 Å². The van der Waals surface area contributed by atoms with E-state index in [2.05, 4.69) is 28.9 Å². The van der Waals surface area contributed by atoms with Crippen molar-refractivity contribution in [2.75, 3.05) is 5.33 Å². The van der Waals surface area contributed by atoms with Gasteiger partial charge in [-0.1, -0.05) is 63.8 Å². The van der Waals surface area contributed by atoms with E-state index in [1.54, 1.807) is 0 Å². The van der Waals surface area contributed by atoms with Gasteiger partial charge in [0, 0.05) is 5.33 Å². The molecule has 0 aromatic heterocycles. The molecule has 0 bridgehead atoms. The van der Waals surface area contributed by atoms with Crippen molar-refractivity contribution in [3.8, 4) is 0 Å². The molecule has 0 atom stereocenters. The zero-order valence-corrected chi connectivity index (χ0v) is 10.2. The van der Waals surface area contributed by atoms with E-state index in [0.29, 0.717) is 4.49 Å². The number of allylic oxidation sites excluding steroid dienone is 3. The largest absolute Gasteiger partial charge is 0.102 e. The van der Waals surface area contributed by atoms with Crippen LogP contribution in [0.15, 0.2) is 22.2 Å². The Hall–Kier alpha value is 0.540. The van der Waals surface area contributed by atoms with Crippen molar-refractivity contribution in [3.63, 3.8) is 0 Å². The summed E-state index contributed by atoms with van der Waals surface area (Å²) in [6, 6.07) is 0. The van der Waals surface area contributed by atoms with Crippen LogP contribution in [-0.4, -0.2) is 5.33 Å². The van der Waals surface area contributed by atoms with E-state index in [1.807, 2.05) is 6.08 Å². The van der Waals surface area contributed by atoms with Crippen molar-refractivity contribution < 1.29 is 0 Å². The predicted octanol–water partition coefficient (Wildman–Crippen LogP) is 4.82. The Morgan fingerprint density at radius 1 is 1.33 bits per heavy atom. The number of alkyl halides is 1. The van der Waals surface area contributed by atoms with Crippen LogP contribution in [0.3, 0.4) is 0 Å². The molecular weight excluding hydrogens is 259 g/mol. The maximum atomic E-state index is 5.48. The number of hydrogen-bond acceptors (Lipinski definition) is 0. The molecule has 0 spiro atoms. The Morgan fingerprint density at radius 3 is 2.42 bits per heavy atom. The number of rotatable bonds is 5. The number of hydrogen-bond donors (Lipinski definition) is 0. The average molecular weight is 272 g/mol. The first-order chi connectivity index (χ1) is 5.70. The smallest absolute Gasteiger partial charge is 0.0883 e. The molecule has 0 amide bonds. The van der Waals surface area contributed by atoms with Gasteiger partial charge >= 0.3 is 0 Å². The van der Waals surface area contributed by atoms with Crippen molar-refractivity contribution >= 4 is 39.1 Å². The number of halogens is 3. The van der Waals surface area contributed by atoms with Crippen molar-refractivity contribution in [1.82, 2.24) is 0 Å². The molecule has 0 N–H and O–H groups in total. The molecule has 0 aromatic carbocycles. The van der Waals surface area contributed by atoms with Gasteiger partial charge in [-0.25, -0.2) is 0 Å². The summed E-state index contributed by atoms with van der Waals surface area (Å²) in [5.41, 5.74) is 1.44. The standard InChI is InChI=1S/C9H13BrCl2/c1-2-8(6-7-10)4-3-5-9(11)12/h5-6H,2-4,7H2,1H3. The van der Waals surface area contributed by atoms with Crippen LogP contribution in [0.5, 0.6) is 0 Å². The molecule has 0 saturated carbocycles. The topological polar surface area (TPSA) is 0 Å². The van der Waals surface area contributed by atoms with E-state index >= 15 is 0 Å². The predicted molar refractivity (Wildman–Crippen MR) is 61.2 cm³/mol. The highest BCUT2D eigenvalue weighted by atomic mass is 79.9. The van der Waals surface area contributed by atoms with Gasteiger partial charge in [0.1, 0.15) is 4.49 Å². The van der Waals surface area contributed by atoms with Crippen LogP contribution in [0.25, 0.3) is 0 Å². The Balaban J connectivity index is 3.74. The first-order valence-electron chi connectivity index (χ1n) is 3.95. The van der Waals surface area contributed by atoms with E-state index in [-0.39, 0.29) is 0 Å². The molecule has 70 valence electrons. The van der Waals surface area contributed by atoms with Crippen molar-refractivity contribution in [3.05, 3.63) is 22.2 Å². The maximum Gasteiger partial charge on any atom is 0.102 e. The van der Waals surface area contributed by atoms with E-state index in [1.165, 1.54) is 5.57 Å². The van der Waals surface area contributed by atoms with Gasteiger partial charge < -0.3 is 0 Å². The molecule has 0 fully saturated rings. The first kappa shape index (κ1) is 12.5. The monoisotopic (exact) mass is 270 g/mol. The van der Waals surface area contributed by atoms with E-state index < -0.39 is 0 Å². The summed E-state index contributed by atoms with van der Waals surface area (Å²) in [6.45, 7) is 2.15. The fourth-order valence-corrected chi connectivity index (χ4v) is 1.58. The molecule has 0 aromatic rings. The van der Waals surface area contributed by atoms with Crippen molar-refractivity contribution in [1.29, 1.82) is 0 Å². The molecular formula is C9H13BrCl2. The third kappa shape index (κ3) is 7.20. The highest BCUT2D eigenvalue weighted by molar-refractivity contribution is 9.09. The molecule has 0 aliphatic rings. The summed E-state index contributed by atoms with van der Waals surface area (Å²) in [6.07, 6.45) is 7.09. The summed E-state index contributed by atoms with van der Waals surface area (Å²) < 4.78 is 0.365. The molecule has 0 unspecified atom stereocenters. The highest BCUT2D eigenvalue weighted by Gasteiger charge is 1.92. The second-order valence-electron chi connectivity index (χ2n) is 2.40. The molecule has 0 heterocycles. The molecule has 0 radical (unpaired) electrons. The molecule has 0 aliphatic heterocycles. The lowest BCUT2D eigenvalue weighted by Crippen LogP contribution is -1.81. The third-order valence-electron chi connectivity index (χ3n) is 1.58. The lowest BCUT2D eigenvalue weighted by Gasteiger charge is -2.00. The van der Waals surface area contributed by atoms with Crippen LogP contribution in [0, 0.1) is 0 Å². The molecule has 12 heavy (non-hydrogen) atoms. The van der Waals surface area contributed by atoms with Crippen LogP contribution in [0.1, 0.15) is 26.2 Å². The lowest BCUT2D eigenvalue weighted by molar-refractivity contribution is 0.906. The minimum atomic E-state index is 0.365. The van der Waals surface area contributed by atoms with E-state index in [0.717, 1.165) is 24.6 Å². The van der Waals surface area contributed by atoms with Gasteiger partial charge in [-0.05, 0) is 19.3 Å². The molecule has 0 rings (SSSR count). The van der Waals surface area contributed by atoms with Gasteiger partial charge in [-0.3, -0.25) is 0 Å². The highest BCUT2D eigenvalue weighted by Crippen LogP contribution is 2.14. The fourth-order valence-electron chi connectivity index (χ4n) is 0.899. The van der Waals surface area contributed by atoms with E-state index in [4.69, 9.17) is 23.2 Å². The van der Waals surface area contributed by atoms with Gasteiger partial charge in [0.15, 0.2) is 0 Å². The summed E-state index contributed by atoms with van der Waals surface area (Å²) >= 11 is 14.3. The molecule has 0 aliphatic carbocycles. The van der Waals surface area contributed by atoms with Crippen LogP contribution in [-0.2, 0) is 0 Å². The Labute approximate surface area is 92.8 Å². The Kier molecular flexibility index (Phi) is 8.52. The van der Waals surface area contributed by atoms with Crippen LogP contribution < -0.4 is 0 Å². The van der Waals surface area contributed by atoms with E-state index in [9.17, 15) is 0 Å². The van der Waals surface area contributed by atoms with Gasteiger partial charge in [0.25, 0.3) is 0 Å². The quantitative estimate of drug-likeness (QED) is 0.497. The SMILES string of the molecule is CCC(=CCBr)CCC=C(Cl)Cl. The Morgan fingerprint density at radius 2 is 2.00 bits per heavy atom. The fraction of sp³-hybridized carbons (Fsp3) is 0.556. The van der Waals surface area contributed by atoms with Gasteiger partial charge in [0.2, 0.25) is 0 Å². The van der Waals surface area contributed by atoms with Gasteiger partial charge in [0.05, 0.1) is 0 Å². The zero-order chi connectivity index (χ0) is 9.40. The van der Waals surface area contributed by atoms with Gasteiger partial charge in [-0.2, -0.15) is 0 Å². The second-order valence-corrected chi connectivity index (χ2v) is 4.06. The van der Waals surface area contributed by atoms with Crippen LogP contribution in [0.2, 0.25) is 0 Å². The normalized spacial score (nSPS) is 11.5. The van der Waals surface area contributed by atoms with Crippen molar-refractivity contribution in [2.45, 2.75) is 26.2 Å². The lowest BCUT2D eigenvalue weighted by atomic mass is 10.1. The maximum absolute atomic E-state index is 5.48. The van der Waals surface area contributed by atoms with Crippen LogP contribution in [0.4, 0.5) is 0 Å². The Bertz CT molecular complexity index is 169. The molecule has 0 nitrogen and oxygen atoms in total. The second kappa shape index (κ2) is 8.15. The molecule has 0 saturated heterocycles. The summed E-state index contributed by atoms with van der Waals surface area (Å²) in [5.74, 6) is 0. The summed E-state index contributed by atoms with van der Waals surface area (Å²) in [5, 5.41) is 0.925. The van der Waals surface area contributed by atoms with Gasteiger partial charge in [-0.15, -0.1) is 0 Å². The summed E-state index contributed by atoms with van der Waals surface area (Å²) in [7, 11) is 0. The first-order valence-corrected chi connectivity index (χ1v) is 5.83. The third-order valence-corrected chi connectivity index (χ3v) is 2.22. The summed E-state index contributed by atoms with van der Waals surface area (Å²) in [4.78, 5) is 0. The minimum absolute atomic E-state index is 0.365. The van der Waals surface area contributed by atoms with Crippen molar-refractivity contribution in [2.24, 2.45) is 0 Å². The zero-order valence-electron chi connectivity index (χ0n) is 7.12. The molecule has 3 heteroatoms. The average Bonchev–Trinajstić information content (AvgIpc) is 2.02.